The van der Waals surface area contributed by atoms with Crippen molar-refractivity contribution in [3.8, 4) is 0 Å². The van der Waals surface area contributed by atoms with Crippen molar-refractivity contribution in [3.05, 3.63) is 35.1 Å². The maximum absolute atomic E-state index is 13.5. The molecule has 0 unspecified atom stereocenters. The van der Waals surface area contributed by atoms with Crippen LogP contribution in [0.4, 0.5) is 4.39 Å². The Labute approximate surface area is 117 Å². The summed E-state index contributed by atoms with van der Waals surface area (Å²) >= 11 is 0. The van der Waals surface area contributed by atoms with Gasteiger partial charge in [-0.1, -0.05) is 12.8 Å². The number of halogens is 1. The summed E-state index contributed by atoms with van der Waals surface area (Å²) in [6, 6.07) is 3.82. The van der Waals surface area contributed by atoms with Gasteiger partial charge >= 0.3 is 5.97 Å². The highest BCUT2D eigenvalue weighted by atomic mass is 19.1. The molecule has 0 radical (unpaired) electrons. The van der Waals surface area contributed by atoms with Gasteiger partial charge in [-0.15, -0.1) is 0 Å². The number of carboxylic acids is 1. The van der Waals surface area contributed by atoms with Gasteiger partial charge in [-0.25, -0.2) is 9.18 Å². The summed E-state index contributed by atoms with van der Waals surface area (Å²) in [5.74, 6) is -1.44. The fourth-order valence-electron chi connectivity index (χ4n) is 2.42. The van der Waals surface area contributed by atoms with Crippen molar-refractivity contribution >= 4 is 5.97 Å². The zero-order valence-electron chi connectivity index (χ0n) is 11.4. The quantitative estimate of drug-likeness (QED) is 0.754. The van der Waals surface area contributed by atoms with Crippen LogP contribution in [-0.2, 0) is 11.3 Å². The SMILES string of the molecule is O=C(O)c1ccc(F)c(CNCCOC2CCCC2)c1. The van der Waals surface area contributed by atoms with Crippen LogP contribution in [0.3, 0.4) is 0 Å². The van der Waals surface area contributed by atoms with Crippen LogP contribution >= 0.6 is 0 Å². The molecule has 0 bridgehead atoms. The number of ether oxygens (including phenoxy) is 1. The van der Waals surface area contributed by atoms with E-state index in [1.54, 1.807) is 0 Å². The molecular formula is C15H20FNO3. The largest absolute Gasteiger partial charge is 0.478 e. The van der Waals surface area contributed by atoms with E-state index in [0.717, 1.165) is 12.8 Å². The van der Waals surface area contributed by atoms with Crippen LogP contribution in [0.25, 0.3) is 0 Å². The van der Waals surface area contributed by atoms with E-state index >= 15 is 0 Å². The number of carboxylic acid groups (broad SMARTS) is 1. The first kappa shape index (κ1) is 14.9. The lowest BCUT2D eigenvalue weighted by molar-refractivity contribution is 0.0602. The zero-order valence-corrected chi connectivity index (χ0v) is 11.4. The fourth-order valence-corrected chi connectivity index (χ4v) is 2.42. The van der Waals surface area contributed by atoms with Gasteiger partial charge in [0.1, 0.15) is 5.82 Å². The predicted molar refractivity (Wildman–Crippen MR) is 73.3 cm³/mol. The van der Waals surface area contributed by atoms with Gasteiger partial charge in [-0.2, -0.15) is 0 Å². The van der Waals surface area contributed by atoms with Crippen LogP contribution < -0.4 is 5.32 Å². The number of carbonyl (C=O) groups is 1. The summed E-state index contributed by atoms with van der Waals surface area (Å²) in [7, 11) is 0. The van der Waals surface area contributed by atoms with Crippen LogP contribution in [0.5, 0.6) is 0 Å². The number of rotatable bonds is 7. The Morgan fingerprint density at radius 3 is 2.85 bits per heavy atom. The molecule has 0 aliphatic heterocycles. The van der Waals surface area contributed by atoms with Gasteiger partial charge in [-0.3, -0.25) is 0 Å². The summed E-state index contributed by atoms with van der Waals surface area (Å²) in [6.07, 6.45) is 5.13. The van der Waals surface area contributed by atoms with Crippen molar-refractivity contribution in [1.82, 2.24) is 5.32 Å². The smallest absolute Gasteiger partial charge is 0.335 e. The molecule has 1 aromatic rings. The Bertz CT molecular complexity index is 458. The lowest BCUT2D eigenvalue weighted by Crippen LogP contribution is -2.22. The summed E-state index contributed by atoms with van der Waals surface area (Å²) in [4.78, 5) is 10.8. The summed E-state index contributed by atoms with van der Waals surface area (Å²) in [6.45, 7) is 1.54. The standard InChI is InChI=1S/C15H20FNO3/c16-14-6-5-11(15(18)19)9-12(14)10-17-7-8-20-13-3-1-2-4-13/h5-6,9,13,17H,1-4,7-8,10H2,(H,18,19). The molecule has 5 heteroatoms. The van der Waals surface area contributed by atoms with Gasteiger partial charge in [0.25, 0.3) is 0 Å². The third-order valence-electron chi connectivity index (χ3n) is 3.54. The lowest BCUT2D eigenvalue weighted by Gasteiger charge is -2.12. The second-order valence-electron chi connectivity index (χ2n) is 5.07. The topological polar surface area (TPSA) is 58.6 Å². The van der Waals surface area contributed by atoms with Crippen molar-refractivity contribution in [2.24, 2.45) is 0 Å². The lowest BCUT2D eigenvalue weighted by atomic mass is 10.1. The summed E-state index contributed by atoms with van der Waals surface area (Å²) in [5, 5.41) is 11.9. The number of aromatic carboxylic acids is 1. The Morgan fingerprint density at radius 2 is 2.15 bits per heavy atom. The normalized spacial score (nSPS) is 15.7. The first-order valence-electron chi connectivity index (χ1n) is 7.01. The van der Waals surface area contributed by atoms with Crippen molar-refractivity contribution in [1.29, 1.82) is 0 Å². The van der Waals surface area contributed by atoms with Gasteiger partial charge in [-0.05, 0) is 31.0 Å². The first-order chi connectivity index (χ1) is 9.66. The zero-order chi connectivity index (χ0) is 14.4. The maximum Gasteiger partial charge on any atom is 0.335 e. The van der Waals surface area contributed by atoms with Crippen molar-refractivity contribution < 1.29 is 19.0 Å². The monoisotopic (exact) mass is 281 g/mol. The van der Waals surface area contributed by atoms with E-state index in [-0.39, 0.29) is 11.4 Å². The molecule has 0 atom stereocenters. The van der Waals surface area contributed by atoms with Crippen molar-refractivity contribution in [3.63, 3.8) is 0 Å². The van der Waals surface area contributed by atoms with Gasteiger partial charge < -0.3 is 15.2 Å². The molecule has 1 aliphatic carbocycles. The van der Waals surface area contributed by atoms with Crippen molar-refractivity contribution in [2.45, 2.75) is 38.3 Å². The van der Waals surface area contributed by atoms with E-state index in [4.69, 9.17) is 9.84 Å². The molecule has 0 saturated heterocycles. The summed E-state index contributed by atoms with van der Waals surface area (Å²) in [5.41, 5.74) is 0.469. The number of nitrogens with one attached hydrogen (secondary N) is 1. The van der Waals surface area contributed by atoms with E-state index < -0.39 is 5.97 Å². The molecular weight excluding hydrogens is 261 g/mol. The Hall–Kier alpha value is -1.46. The molecule has 0 amide bonds. The molecule has 1 fully saturated rings. The molecule has 1 saturated carbocycles. The van der Waals surface area contributed by atoms with Crippen LogP contribution in [0.15, 0.2) is 18.2 Å². The van der Waals surface area contributed by atoms with E-state index in [1.165, 1.54) is 31.0 Å². The molecule has 0 spiro atoms. The third-order valence-corrected chi connectivity index (χ3v) is 3.54. The van der Waals surface area contributed by atoms with E-state index in [9.17, 15) is 9.18 Å². The first-order valence-corrected chi connectivity index (χ1v) is 7.01. The van der Waals surface area contributed by atoms with Crippen LogP contribution in [0, 0.1) is 5.82 Å². The highest BCUT2D eigenvalue weighted by Crippen LogP contribution is 2.20. The van der Waals surface area contributed by atoms with Gasteiger partial charge in [0, 0.05) is 18.7 Å². The van der Waals surface area contributed by atoms with Gasteiger partial charge in [0.05, 0.1) is 18.3 Å². The highest BCUT2D eigenvalue weighted by Gasteiger charge is 2.14. The number of benzene rings is 1. The molecule has 4 nitrogen and oxygen atoms in total. The minimum atomic E-state index is -1.05. The Kier molecular flexibility index (Phi) is 5.49. The molecule has 2 N–H and O–H groups in total. The van der Waals surface area contributed by atoms with E-state index in [1.807, 2.05) is 0 Å². The molecule has 110 valence electrons. The van der Waals surface area contributed by atoms with Crippen LogP contribution in [0.1, 0.15) is 41.6 Å². The second kappa shape index (κ2) is 7.36. The molecule has 2 rings (SSSR count). The molecule has 0 aromatic heterocycles. The average Bonchev–Trinajstić information content (AvgIpc) is 2.93. The van der Waals surface area contributed by atoms with E-state index in [0.29, 0.717) is 31.4 Å². The summed E-state index contributed by atoms with van der Waals surface area (Å²) < 4.78 is 19.2. The fraction of sp³-hybridized carbons (Fsp3) is 0.533. The van der Waals surface area contributed by atoms with Gasteiger partial charge in [0.2, 0.25) is 0 Å². The molecule has 0 heterocycles. The third kappa shape index (κ3) is 4.28. The minimum absolute atomic E-state index is 0.102. The number of hydrogen-bond acceptors (Lipinski definition) is 3. The average molecular weight is 281 g/mol. The molecule has 1 aliphatic rings. The predicted octanol–water partition coefficient (Wildman–Crippen LogP) is 2.57. The van der Waals surface area contributed by atoms with Crippen LogP contribution in [0.2, 0.25) is 0 Å². The second-order valence-corrected chi connectivity index (χ2v) is 5.07. The van der Waals surface area contributed by atoms with Gasteiger partial charge in [0.15, 0.2) is 0 Å². The Balaban J connectivity index is 1.72. The minimum Gasteiger partial charge on any atom is -0.478 e. The van der Waals surface area contributed by atoms with E-state index in [2.05, 4.69) is 5.32 Å². The molecule has 20 heavy (non-hydrogen) atoms. The Morgan fingerprint density at radius 1 is 1.40 bits per heavy atom. The van der Waals surface area contributed by atoms with Crippen LogP contribution in [-0.4, -0.2) is 30.3 Å². The molecule has 1 aromatic carbocycles. The van der Waals surface area contributed by atoms with Crippen molar-refractivity contribution in [2.75, 3.05) is 13.2 Å². The maximum atomic E-state index is 13.5. The number of hydrogen-bond donors (Lipinski definition) is 2. The highest BCUT2D eigenvalue weighted by molar-refractivity contribution is 5.87.